The topological polar surface area (TPSA) is 110 Å². The average molecular weight is 534 g/mol. The Morgan fingerprint density at radius 3 is 2.42 bits per heavy atom. The van der Waals surface area contributed by atoms with E-state index in [-0.39, 0.29) is 11.8 Å². The Morgan fingerprint density at radius 2 is 1.70 bits per heavy atom. The summed E-state index contributed by atoms with van der Waals surface area (Å²) in [6.45, 7) is 6.38. The normalized spacial score (nSPS) is 11.0. The van der Waals surface area contributed by atoms with E-state index in [1.54, 1.807) is 42.7 Å². The molecule has 0 aliphatic carbocycles. The zero-order chi connectivity index (χ0) is 28.1. The van der Waals surface area contributed by atoms with Gasteiger partial charge in [0.25, 0.3) is 11.8 Å². The third kappa shape index (κ3) is 6.23. The van der Waals surface area contributed by atoms with Crippen molar-refractivity contribution in [1.82, 2.24) is 20.3 Å². The highest BCUT2D eigenvalue weighted by atomic mass is 16.3. The molecular formula is C32H31N5O3. The van der Waals surface area contributed by atoms with Crippen molar-refractivity contribution >= 4 is 28.4 Å². The Hall–Kier alpha value is -4.85. The molecule has 0 atom stereocenters. The number of nitrogens with one attached hydrogen (secondary N) is 2. The second kappa shape index (κ2) is 11.9. The molecule has 0 fully saturated rings. The van der Waals surface area contributed by atoms with Gasteiger partial charge in [0, 0.05) is 42.7 Å². The van der Waals surface area contributed by atoms with Crippen LogP contribution in [-0.4, -0.2) is 33.3 Å². The van der Waals surface area contributed by atoms with Crippen LogP contribution in [0.2, 0.25) is 0 Å². The highest BCUT2D eigenvalue weighted by Gasteiger charge is 2.17. The monoisotopic (exact) mass is 533 g/mol. The molecule has 0 bridgehead atoms. The van der Waals surface area contributed by atoms with Crippen LogP contribution < -0.4 is 10.6 Å². The van der Waals surface area contributed by atoms with Gasteiger partial charge in [-0.05, 0) is 80.8 Å². The molecule has 3 aromatic heterocycles. The van der Waals surface area contributed by atoms with E-state index in [0.29, 0.717) is 40.6 Å². The number of hydrogen-bond acceptors (Lipinski definition) is 6. The van der Waals surface area contributed by atoms with E-state index in [0.717, 1.165) is 47.1 Å². The molecule has 0 spiro atoms. The summed E-state index contributed by atoms with van der Waals surface area (Å²) < 4.78 is 5.47. The maximum Gasteiger partial charge on any atom is 0.256 e. The van der Waals surface area contributed by atoms with Crippen molar-refractivity contribution in [2.24, 2.45) is 0 Å². The minimum Gasteiger partial charge on any atom is -0.446 e. The van der Waals surface area contributed by atoms with Gasteiger partial charge in [0.05, 0.1) is 28.7 Å². The van der Waals surface area contributed by atoms with Crippen LogP contribution in [0.1, 0.15) is 56.3 Å². The number of carbonyl (C=O) groups is 2. The van der Waals surface area contributed by atoms with Crippen LogP contribution in [0.4, 0.5) is 5.69 Å². The van der Waals surface area contributed by atoms with Gasteiger partial charge in [-0.15, -0.1) is 0 Å². The van der Waals surface area contributed by atoms with E-state index >= 15 is 0 Å². The summed E-state index contributed by atoms with van der Waals surface area (Å²) in [5, 5.41) is 6.70. The average Bonchev–Trinajstić information content (AvgIpc) is 3.37. The highest BCUT2D eigenvalue weighted by molar-refractivity contribution is 6.13. The number of fused-ring (bicyclic) bond motifs is 1. The van der Waals surface area contributed by atoms with Crippen LogP contribution in [-0.2, 0) is 6.42 Å². The number of benzene rings is 2. The predicted octanol–water partition coefficient (Wildman–Crippen LogP) is 6.22. The van der Waals surface area contributed by atoms with E-state index in [2.05, 4.69) is 26.7 Å². The third-order valence-corrected chi connectivity index (χ3v) is 6.63. The van der Waals surface area contributed by atoms with Crippen molar-refractivity contribution in [3.63, 3.8) is 0 Å². The molecule has 5 rings (SSSR count). The zero-order valence-corrected chi connectivity index (χ0v) is 22.8. The van der Waals surface area contributed by atoms with Gasteiger partial charge in [0.15, 0.2) is 5.89 Å². The van der Waals surface area contributed by atoms with Crippen LogP contribution in [0.25, 0.3) is 22.3 Å². The number of hydrogen-bond donors (Lipinski definition) is 2. The van der Waals surface area contributed by atoms with E-state index < -0.39 is 0 Å². The second-order valence-electron chi connectivity index (χ2n) is 9.84. The van der Waals surface area contributed by atoms with Gasteiger partial charge in [-0.25, -0.2) is 9.97 Å². The Bertz CT molecular complexity index is 1660. The van der Waals surface area contributed by atoms with Crippen molar-refractivity contribution in [3.8, 4) is 11.4 Å². The quantitative estimate of drug-likeness (QED) is 0.218. The maximum absolute atomic E-state index is 13.5. The van der Waals surface area contributed by atoms with E-state index in [1.165, 1.54) is 0 Å². The summed E-state index contributed by atoms with van der Waals surface area (Å²) in [6.07, 6.45) is 5.97. The number of nitrogens with zero attached hydrogens (tertiary/aromatic N) is 3. The lowest BCUT2D eigenvalue weighted by Crippen LogP contribution is -2.24. The van der Waals surface area contributed by atoms with Gasteiger partial charge in [0.1, 0.15) is 5.76 Å². The smallest absolute Gasteiger partial charge is 0.256 e. The van der Waals surface area contributed by atoms with Crippen molar-refractivity contribution in [1.29, 1.82) is 0 Å². The number of unbranched alkanes of at least 4 members (excludes halogenated alkanes) is 1. The molecule has 202 valence electrons. The molecule has 40 heavy (non-hydrogen) atoms. The highest BCUT2D eigenvalue weighted by Crippen LogP contribution is 2.28. The third-order valence-electron chi connectivity index (χ3n) is 6.63. The van der Waals surface area contributed by atoms with Gasteiger partial charge in [-0.1, -0.05) is 17.7 Å². The number of oxazole rings is 1. The van der Waals surface area contributed by atoms with Gasteiger partial charge >= 0.3 is 0 Å². The molecule has 0 saturated heterocycles. The minimum absolute atomic E-state index is 0.153. The number of amides is 2. The molecule has 5 aromatic rings. The number of rotatable bonds is 9. The molecule has 0 aliphatic heterocycles. The van der Waals surface area contributed by atoms with Gasteiger partial charge < -0.3 is 15.1 Å². The van der Waals surface area contributed by atoms with E-state index in [9.17, 15) is 9.59 Å². The summed E-state index contributed by atoms with van der Waals surface area (Å²) in [4.78, 5) is 39.4. The lowest BCUT2D eigenvalue weighted by atomic mass is 10.00. The molecule has 2 amide bonds. The molecule has 0 radical (unpaired) electrons. The summed E-state index contributed by atoms with van der Waals surface area (Å²) in [7, 11) is 0. The molecule has 0 aliphatic rings. The van der Waals surface area contributed by atoms with E-state index in [4.69, 9.17) is 9.40 Å². The molecule has 0 saturated carbocycles. The molecular weight excluding hydrogens is 502 g/mol. The fourth-order valence-electron chi connectivity index (χ4n) is 4.67. The van der Waals surface area contributed by atoms with Crippen molar-refractivity contribution in [2.75, 3.05) is 11.9 Å². The number of aryl methyl sites for hydroxylation is 4. The molecule has 2 aromatic carbocycles. The second-order valence-corrected chi connectivity index (χ2v) is 9.84. The lowest BCUT2D eigenvalue weighted by molar-refractivity contribution is 0.0952. The fourth-order valence-corrected chi connectivity index (χ4v) is 4.67. The molecule has 8 nitrogen and oxygen atoms in total. The summed E-state index contributed by atoms with van der Waals surface area (Å²) in [6, 6.07) is 18.3. The SMILES string of the molecule is Cc1cc(C)c2nc(-c3ccccn3)cc(C(=O)Nc3ccc(C(=O)NCCCCc4cnc(C)o4)cc3)c2c1. The Balaban J connectivity index is 1.26. The minimum atomic E-state index is -0.256. The largest absolute Gasteiger partial charge is 0.446 e. The zero-order valence-electron chi connectivity index (χ0n) is 22.8. The van der Waals surface area contributed by atoms with Crippen molar-refractivity contribution in [3.05, 3.63) is 107 Å². The van der Waals surface area contributed by atoms with Crippen LogP contribution >= 0.6 is 0 Å². The van der Waals surface area contributed by atoms with Crippen LogP contribution in [0.15, 0.2) is 77.5 Å². The van der Waals surface area contributed by atoms with Crippen LogP contribution in [0.3, 0.4) is 0 Å². The number of pyridine rings is 2. The fraction of sp³-hybridized carbons (Fsp3) is 0.219. The molecule has 2 N–H and O–H groups in total. The Labute approximate surface area is 232 Å². The first kappa shape index (κ1) is 26.7. The number of aromatic nitrogens is 3. The molecule has 3 heterocycles. The Morgan fingerprint density at radius 1 is 0.875 bits per heavy atom. The van der Waals surface area contributed by atoms with Gasteiger partial charge in [0.2, 0.25) is 0 Å². The maximum atomic E-state index is 13.5. The van der Waals surface area contributed by atoms with Crippen LogP contribution in [0, 0.1) is 20.8 Å². The van der Waals surface area contributed by atoms with Crippen LogP contribution in [0.5, 0.6) is 0 Å². The summed E-state index contributed by atoms with van der Waals surface area (Å²) >= 11 is 0. The lowest BCUT2D eigenvalue weighted by Gasteiger charge is -2.13. The molecule has 0 unspecified atom stereocenters. The Kier molecular flexibility index (Phi) is 7.96. The van der Waals surface area contributed by atoms with Gasteiger partial charge in [-0.3, -0.25) is 14.6 Å². The van der Waals surface area contributed by atoms with Crippen molar-refractivity contribution < 1.29 is 14.0 Å². The predicted molar refractivity (Wildman–Crippen MR) is 155 cm³/mol. The number of carbonyl (C=O) groups excluding carboxylic acids is 2. The first-order valence-electron chi connectivity index (χ1n) is 13.3. The molecule has 8 heteroatoms. The summed E-state index contributed by atoms with van der Waals surface area (Å²) in [5.74, 6) is 1.11. The first-order valence-corrected chi connectivity index (χ1v) is 13.3. The number of anilines is 1. The van der Waals surface area contributed by atoms with Gasteiger partial charge in [-0.2, -0.15) is 0 Å². The first-order chi connectivity index (χ1) is 19.4. The standard InChI is InChI=1S/C32H31N5O3/c1-20-16-21(2)30-26(17-20)27(18-29(37-30)28-9-5-7-14-33-28)32(39)36-24-12-10-23(11-13-24)31(38)34-15-6-4-8-25-19-35-22(3)40-25/h5,7,9-14,16-19H,4,6,8,15H2,1-3H3,(H,34,38)(H,36,39). The summed E-state index contributed by atoms with van der Waals surface area (Å²) in [5.41, 5.74) is 5.77. The van der Waals surface area contributed by atoms with Crippen molar-refractivity contribution in [2.45, 2.75) is 40.0 Å². The van der Waals surface area contributed by atoms with E-state index in [1.807, 2.05) is 45.0 Å².